The zero-order valence-corrected chi connectivity index (χ0v) is 13.8. The molecule has 1 aliphatic carbocycles. The average molecular weight is 330 g/mol. The molecule has 1 N–H and O–H groups in total. The van der Waals surface area contributed by atoms with E-state index >= 15 is 0 Å². The van der Waals surface area contributed by atoms with Crippen molar-refractivity contribution in [2.24, 2.45) is 11.8 Å². The van der Waals surface area contributed by atoms with Gasteiger partial charge >= 0.3 is 0 Å². The number of carbonyl (C=O) groups is 2. The number of rotatable bonds is 3. The molecule has 0 bridgehead atoms. The minimum Gasteiger partial charge on any atom is -0.550 e. The van der Waals surface area contributed by atoms with E-state index in [1.807, 2.05) is 13.8 Å². The van der Waals surface area contributed by atoms with Crippen LogP contribution in [0.15, 0.2) is 29.3 Å². The van der Waals surface area contributed by atoms with Crippen LogP contribution in [0.3, 0.4) is 0 Å². The number of hydrogen-bond acceptors (Lipinski definition) is 5. The number of amides is 1. The molecule has 2 atom stereocenters. The SMILES string of the molecule is CC1=C(C)C[C@@H](C(=O)Nc2ccc3c(c2)OCCO3)[C@@H](C(=O)[O-])C1. The molecular weight excluding hydrogens is 310 g/mol. The molecule has 0 saturated carbocycles. The number of aliphatic carboxylic acids is 1. The Hall–Kier alpha value is -2.50. The minimum absolute atomic E-state index is 0.312. The van der Waals surface area contributed by atoms with Gasteiger partial charge in [0.05, 0.1) is 5.92 Å². The summed E-state index contributed by atoms with van der Waals surface area (Å²) in [5.74, 6) is -1.71. The van der Waals surface area contributed by atoms with Gasteiger partial charge in [-0.25, -0.2) is 0 Å². The topological polar surface area (TPSA) is 87.7 Å². The highest BCUT2D eigenvalue weighted by atomic mass is 16.6. The number of carboxylic acid groups (broad SMARTS) is 1. The summed E-state index contributed by atoms with van der Waals surface area (Å²) in [6, 6.07) is 5.14. The van der Waals surface area contributed by atoms with Crippen LogP contribution in [-0.2, 0) is 9.59 Å². The Balaban J connectivity index is 1.77. The van der Waals surface area contributed by atoms with Crippen molar-refractivity contribution in [1.82, 2.24) is 0 Å². The lowest BCUT2D eigenvalue weighted by Gasteiger charge is -2.32. The molecule has 2 aliphatic rings. The maximum atomic E-state index is 12.6. The smallest absolute Gasteiger partial charge is 0.228 e. The molecule has 128 valence electrons. The number of carbonyl (C=O) groups excluding carboxylic acids is 2. The Morgan fingerprint density at radius 2 is 1.67 bits per heavy atom. The third kappa shape index (κ3) is 3.22. The van der Waals surface area contributed by atoms with Crippen LogP contribution in [0.25, 0.3) is 0 Å². The fraction of sp³-hybridized carbons (Fsp3) is 0.444. The van der Waals surface area contributed by atoms with Crippen LogP contribution in [0.2, 0.25) is 0 Å². The zero-order chi connectivity index (χ0) is 17.3. The molecule has 1 aromatic rings. The first-order valence-electron chi connectivity index (χ1n) is 8.02. The van der Waals surface area contributed by atoms with Crippen molar-refractivity contribution < 1.29 is 24.2 Å². The van der Waals surface area contributed by atoms with Gasteiger partial charge in [-0.3, -0.25) is 4.79 Å². The summed E-state index contributed by atoms with van der Waals surface area (Å²) in [7, 11) is 0. The number of ether oxygens (including phenoxy) is 2. The van der Waals surface area contributed by atoms with E-state index in [0.29, 0.717) is 43.2 Å². The number of anilines is 1. The summed E-state index contributed by atoms with van der Waals surface area (Å²) in [6.07, 6.45) is 0.786. The van der Waals surface area contributed by atoms with E-state index in [4.69, 9.17) is 9.47 Å². The summed E-state index contributed by atoms with van der Waals surface area (Å²) in [6.45, 7) is 4.80. The van der Waals surface area contributed by atoms with E-state index < -0.39 is 17.8 Å². The Morgan fingerprint density at radius 3 is 2.33 bits per heavy atom. The molecular formula is C18H20NO5-. The second-order valence-electron chi connectivity index (χ2n) is 6.35. The molecule has 6 nitrogen and oxygen atoms in total. The molecule has 1 aliphatic heterocycles. The normalized spacial score (nSPS) is 22.9. The fourth-order valence-electron chi connectivity index (χ4n) is 3.17. The molecule has 0 spiro atoms. The van der Waals surface area contributed by atoms with Gasteiger partial charge in [0, 0.05) is 23.6 Å². The zero-order valence-electron chi connectivity index (χ0n) is 13.8. The Morgan fingerprint density at radius 1 is 1.04 bits per heavy atom. The van der Waals surface area contributed by atoms with Crippen LogP contribution in [0.5, 0.6) is 11.5 Å². The van der Waals surface area contributed by atoms with Crippen molar-refractivity contribution in [2.75, 3.05) is 18.5 Å². The lowest BCUT2D eigenvalue weighted by atomic mass is 9.76. The predicted molar refractivity (Wildman–Crippen MR) is 85.7 cm³/mol. The van der Waals surface area contributed by atoms with Crippen molar-refractivity contribution >= 4 is 17.6 Å². The molecule has 0 radical (unpaired) electrons. The number of carboxylic acids is 1. The van der Waals surface area contributed by atoms with E-state index in [2.05, 4.69) is 5.32 Å². The largest absolute Gasteiger partial charge is 0.550 e. The highest BCUT2D eigenvalue weighted by molar-refractivity contribution is 5.95. The average Bonchev–Trinajstić information content (AvgIpc) is 2.56. The van der Waals surface area contributed by atoms with Crippen molar-refractivity contribution in [3.63, 3.8) is 0 Å². The van der Waals surface area contributed by atoms with Gasteiger partial charge in [0.1, 0.15) is 13.2 Å². The molecule has 1 amide bonds. The van der Waals surface area contributed by atoms with Crippen LogP contribution in [0, 0.1) is 11.8 Å². The lowest BCUT2D eigenvalue weighted by Crippen LogP contribution is -2.42. The van der Waals surface area contributed by atoms with Gasteiger partial charge in [0.25, 0.3) is 0 Å². The molecule has 0 aromatic heterocycles. The molecule has 0 saturated heterocycles. The minimum atomic E-state index is -1.18. The fourth-order valence-corrected chi connectivity index (χ4v) is 3.17. The second kappa shape index (κ2) is 6.55. The summed E-state index contributed by atoms with van der Waals surface area (Å²) >= 11 is 0. The Kier molecular flexibility index (Phi) is 4.46. The van der Waals surface area contributed by atoms with E-state index in [-0.39, 0.29) is 5.91 Å². The van der Waals surface area contributed by atoms with Crippen LogP contribution < -0.4 is 19.9 Å². The molecule has 1 heterocycles. The highest BCUT2D eigenvalue weighted by Gasteiger charge is 2.33. The van der Waals surface area contributed by atoms with Crippen LogP contribution in [0.4, 0.5) is 5.69 Å². The molecule has 3 rings (SSSR count). The lowest BCUT2D eigenvalue weighted by molar-refractivity contribution is -0.313. The number of benzene rings is 1. The number of hydrogen-bond donors (Lipinski definition) is 1. The van der Waals surface area contributed by atoms with E-state index in [0.717, 1.165) is 11.1 Å². The third-order valence-corrected chi connectivity index (χ3v) is 4.72. The van der Waals surface area contributed by atoms with Crippen LogP contribution in [0.1, 0.15) is 26.7 Å². The van der Waals surface area contributed by atoms with Gasteiger partial charge < -0.3 is 24.7 Å². The van der Waals surface area contributed by atoms with E-state index in [9.17, 15) is 14.7 Å². The molecule has 6 heteroatoms. The third-order valence-electron chi connectivity index (χ3n) is 4.72. The molecule has 24 heavy (non-hydrogen) atoms. The van der Waals surface area contributed by atoms with E-state index in [1.54, 1.807) is 18.2 Å². The maximum Gasteiger partial charge on any atom is 0.228 e. The summed E-state index contributed by atoms with van der Waals surface area (Å²) < 4.78 is 10.9. The van der Waals surface area contributed by atoms with Gasteiger partial charge in [0.15, 0.2) is 11.5 Å². The van der Waals surface area contributed by atoms with Gasteiger partial charge in [-0.1, -0.05) is 11.1 Å². The number of fused-ring (bicyclic) bond motifs is 1. The molecule has 0 unspecified atom stereocenters. The van der Waals surface area contributed by atoms with Crippen molar-refractivity contribution in [3.8, 4) is 11.5 Å². The molecule has 0 fully saturated rings. The standard InChI is InChI=1S/C18H21NO5/c1-10-7-13(14(18(21)22)8-11(10)2)17(20)19-12-3-4-15-16(9-12)24-6-5-23-15/h3-4,9,13-14H,5-8H2,1-2H3,(H,19,20)(H,21,22)/p-1/t13-,14+/m1/s1. The first-order chi connectivity index (χ1) is 11.5. The Bertz CT molecular complexity index is 709. The maximum absolute atomic E-state index is 12.6. The second-order valence-corrected chi connectivity index (χ2v) is 6.35. The van der Waals surface area contributed by atoms with Crippen LogP contribution >= 0.6 is 0 Å². The number of allylic oxidation sites excluding steroid dienone is 2. The predicted octanol–water partition coefficient (Wildman–Crippen LogP) is 1.51. The van der Waals surface area contributed by atoms with Crippen molar-refractivity contribution in [3.05, 3.63) is 29.3 Å². The van der Waals surface area contributed by atoms with Gasteiger partial charge in [-0.15, -0.1) is 0 Å². The molecule has 1 aromatic carbocycles. The first-order valence-corrected chi connectivity index (χ1v) is 8.02. The first kappa shape index (κ1) is 16.4. The monoisotopic (exact) mass is 330 g/mol. The summed E-state index contributed by atoms with van der Waals surface area (Å²) in [5.41, 5.74) is 2.65. The van der Waals surface area contributed by atoms with Crippen molar-refractivity contribution in [1.29, 1.82) is 0 Å². The summed E-state index contributed by atoms with van der Waals surface area (Å²) in [5, 5.41) is 14.2. The number of nitrogens with one attached hydrogen (secondary N) is 1. The van der Waals surface area contributed by atoms with Gasteiger partial charge in [0.2, 0.25) is 5.91 Å². The summed E-state index contributed by atoms with van der Waals surface area (Å²) in [4.78, 5) is 24.0. The van der Waals surface area contributed by atoms with Crippen molar-refractivity contribution in [2.45, 2.75) is 26.7 Å². The quantitative estimate of drug-likeness (QED) is 0.849. The highest BCUT2D eigenvalue weighted by Crippen LogP contribution is 2.36. The van der Waals surface area contributed by atoms with Gasteiger partial charge in [-0.2, -0.15) is 0 Å². The van der Waals surface area contributed by atoms with E-state index in [1.165, 1.54) is 0 Å². The van der Waals surface area contributed by atoms with Crippen LogP contribution in [-0.4, -0.2) is 25.1 Å². The Labute approximate surface area is 140 Å². The van der Waals surface area contributed by atoms with Gasteiger partial charge in [-0.05, 0) is 38.8 Å².